The van der Waals surface area contributed by atoms with Crippen LogP contribution in [-0.4, -0.2) is 54.1 Å². The van der Waals surface area contributed by atoms with Gasteiger partial charge < -0.3 is 15.0 Å². The monoisotopic (exact) mass is 435 g/mol. The number of nitrogens with zero attached hydrogens (tertiary/aromatic N) is 4. The minimum absolute atomic E-state index is 0.0500. The molecule has 1 amide bonds. The number of aromatic nitrogens is 2. The standard InChI is InChI=1S/C17H17N5O5S2/c1-10-7-14(21(2)19-10)18-15(23)9-27-16(24)11-3-4-12-13(8-11)28-17-20-29(25,26)6-5-22(12)17/h3-4,7-8H,5-6,9H2,1-2H3,(H,18,23). The number of amidine groups is 1. The Hall–Kier alpha value is -2.86. The fourth-order valence-electron chi connectivity index (χ4n) is 2.98. The van der Waals surface area contributed by atoms with Crippen molar-refractivity contribution >= 4 is 50.3 Å². The van der Waals surface area contributed by atoms with E-state index in [0.717, 1.165) is 11.4 Å². The molecule has 0 aliphatic carbocycles. The van der Waals surface area contributed by atoms with E-state index in [9.17, 15) is 18.0 Å². The minimum atomic E-state index is -3.44. The van der Waals surface area contributed by atoms with Crippen LogP contribution in [0.1, 0.15) is 16.1 Å². The summed E-state index contributed by atoms with van der Waals surface area (Å²) in [5, 5.41) is 7.12. The number of fused-ring (bicyclic) bond motifs is 3. The van der Waals surface area contributed by atoms with Gasteiger partial charge in [0.2, 0.25) is 0 Å². The maximum Gasteiger partial charge on any atom is 0.338 e. The van der Waals surface area contributed by atoms with Crippen LogP contribution in [0.25, 0.3) is 0 Å². The van der Waals surface area contributed by atoms with E-state index in [1.54, 1.807) is 43.1 Å². The van der Waals surface area contributed by atoms with Gasteiger partial charge in [-0.3, -0.25) is 9.48 Å². The maximum atomic E-state index is 12.3. The third kappa shape index (κ3) is 3.98. The van der Waals surface area contributed by atoms with Crippen LogP contribution in [0.5, 0.6) is 0 Å². The van der Waals surface area contributed by atoms with Crippen LogP contribution in [0.15, 0.2) is 33.6 Å². The summed E-state index contributed by atoms with van der Waals surface area (Å²) in [7, 11) is -1.75. The first-order chi connectivity index (χ1) is 13.7. The largest absolute Gasteiger partial charge is 0.452 e. The molecule has 1 aromatic heterocycles. The number of aryl methyl sites for hydroxylation is 2. The van der Waals surface area contributed by atoms with E-state index in [0.29, 0.717) is 22.4 Å². The molecule has 2 aliphatic heterocycles. The molecule has 0 bridgehead atoms. The number of amides is 1. The van der Waals surface area contributed by atoms with Gasteiger partial charge in [0.1, 0.15) is 5.82 Å². The van der Waals surface area contributed by atoms with Crippen LogP contribution in [0, 0.1) is 6.92 Å². The zero-order valence-corrected chi connectivity index (χ0v) is 17.2. The average Bonchev–Trinajstić information content (AvgIpc) is 3.15. The quantitative estimate of drug-likeness (QED) is 0.709. The Morgan fingerprint density at radius 3 is 2.83 bits per heavy atom. The van der Waals surface area contributed by atoms with Crippen molar-refractivity contribution in [3.8, 4) is 0 Å². The number of carbonyl (C=O) groups is 2. The molecular weight excluding hydrogens is 418 g/mol. The minimum Gasteiger partial charge on any atom is -0.452 e. The second-order valence-electron chi connectivity index (χ2n) is 6.51. The van der Waals surface area contributed by atoms with E-state index >= 15 is 0 Å². The Morgan fingerprint density at radius 2 is 2.10 bits per heavy atom. The molecule has 0 radical (unpaired) electrons. The molecule has 2 aliphatic rings. The zero-order chi connectivity index (χ0) is 20.8. The molecule has 0 saturated carbocycles. The number of esters is 1. The summed E-state index contributed by atoms with van der Waals surface area (Å²) in [4.78, 5) is 26.9. The molecule has 0 atom stereocenters. The maximum absolute atomic E-state index is 12.3. The summed E-state index contributed by atoms with van der Waals surface area (Å²) < 4.78 is 33.7. The van der Waals surface area contributed by atoms with E-state index in [1.165, 1.54) is 16.4 Å². The van der Waals surface area contributed by atoms with Gasteiger partial charge in [0.15, 0.2) is 11.8 Å². The van der Waals surface area contributed by atoms with Gasteiger partial charge >= 0.3 is 5.97 Å². The van der Waals surface area contributed by atoms with Gasteiger partial charge in [-0.25, -0.2) is 13.2 Å². The van der Waals surface area contributed by atoms with Crippen LogP contribution in [0.4, 0.5) is 11.5 Å². The van der Waals surface area contributed by atoms with Gasteiger partial charge in [-0.2, -0.15) is 5.10 Å². The van der Waals surface area contributed by atoms with Crippen LogP contribution in [0.2, 0.25) is 0 Å². The van der Waals surface area contributed by atoms with Crippen molar-refractivity contribution in [3.05, 3.63) is 35.5 Å². The molecule has 29 heavy (non-hydrogen) atoms. The fraction of sp³-hybridized carbons (Fsp3) is 0.294. The Bertz CT molecular complexity index is 1150. The molecule has 10 nitrogen and oxygen atoms in total. The van der Waals surface area contributed by atoms with Crippen LogP contribution in [0.3, 0.4) is 0 Å². The van der Waals surface area contributed by atoms with E-state index in [4.69, 9.17) is 4.74 Å². The number of carbonyl (C=O) groups excluding carboxylic acids is 2. The summed E-state index contributed by atoms with van der Waals surface area (Å²) in [6.45, 7) is 1.68. The van der Waals surface area contributed by atoms with Gasteiger partial charge in [0.05, 0.1) is 22.7 Å². The third-order valence-corrected chi connectivity index (χ3v) is 6.62. The number of sulfonamides is 1. The zero-order valence-electron chi connectivity index (χ0n) is 15.6. The second-order valence-corrected chi connectivity index (χ2v) is 9.28. The number of benzene rings is 1. The molecule has 0 spiro atoms. The summed E-state index contributed by atoms with van der Waals surface area (Å²) in [5.74, 6) is -0.673. The van der Waals surface area contributed by atoms with Gasteiger partial charge in [0, 0.05) is 24.6 Å². The van der Waals surface area contributed by atoms with E-state index in [2.05, 4.69) is 14.8 Å². The van der Waals surface area contributed by atoms with Crippen molar-refractivity contribution in [3.63, 3.8) is 0 Å². The lowest BCUT2D eigenvalue weighted by Crippen LogP contribution is -2.35. The number of rotatable bonds is 4. The van der Waals surface area contributed by atoms with Crippen molar-refractivity contribution in [2.45, 2.75) is 11.8 Å². The SMILES string of the molecule is Cc1cc(NC(=O)COC(=O)c2ccc3c(c2)SC2=NS(=O)(=O)CCN23)n(C)n1. The van der Waals surface area contributed by atoms with Crippen LogP contribution < -0.4 is 10.2 Å². The molecule has 4 rings (SSSR count). The Labute approximate surface area is 171 Å². The average molecular weight is 435 g/mol. The number of anilines is 2. The highest BCUT2D eigenvalue weighted by molar-refractivity contribution is 8.15. The number of hydrogen-bond acceptors (Lipinski definition) is 8. The van der Waals surface area contributed by atoms with Crippen molar-refractivity contribution in [2.24, 2.45) is 11.4 Å². The number of thioether (sulfide) groups is 1. The number of hydrogen-bond donors (Lipinski definition) is 1. The summed E-state index contributed by atoms with van der Waals surface area (Å²) in [6, 6.07) is 6.61. The number of nitrogens with one attached hydrogen (secondary N) is 1. The van der Waals surface area contributed by atoms with Gasteiger partial charge in [0.25, 0.3) is 15.9 Å². The highest BCUT2D eigenvalue weighted by Crippen LogP contribution is 2.42. The highest BCUT2D eigenvalue weighted by Gasteiger charge is 2.33. The van der Waals surface area contributed by atoms with E-state index in [-0.39, 0.29) is 11.3 Å². The van der Waals surface area contributed by atoms with Crippen LogP contribution in [-0.2, 0) is 26.6 Å². The predicted octanol–water partition coefficient (Wildman–Crippen LogP) is 1.14. The first kappa shape index (κ1) is 19.5. The lowest BCUT2D eigenvalue weighted by atomic mass is 10.2. The molecule has 0 saturated heterocycles. The summed E-state index contributed by atoms with van der Waals surface area (Å²) >= 11 is 1.18. The van der Waals surface area contributed by atoms with Gasteiger partial charge in [-0.05, 0) is 36.9 Å². The Morgan fingerprint density at radius 1 is 1.31 bits per heavy atom. The van der Waals surface area contributed by atoms with E-state index in [1.807, 2.05) is 0 Å². The Kier molecular flexibility index (Phi) is 4.82. The lowest BCUT2D eigenvalue weighted by Gasteiger charge is -2.22. The summed E-state index contributed by atoms with van der Waals surface area (Å²) in [5.41, 5.74) is 1.82. The van der Waals surface area contributed by atoms with Gasteiger partial charge in [-0.15, -0.1) is 4.40 Å². The molecule has 1 N–H and O–H groups in total. The van der Waals surface area contributed by atoms with Gasteiger partial charge in [-0.1, -0.05) is 0 Å². The molecule has 152 valence electrons. The highest BCUT2D eigenvalue weighted by atomic mass is 32.2. The second kappa shape index (κ2) is 7.19. The lowest BCUT2D eigenvalue weighted by molar-refractivity contribution is -0.119. The van der Waals surface area contributed by atoms with Crippen molar-refractivity contribution in [2.75, 3.05) is 29.1 Å². The molecule has 0 fully saturated rings. The van der Waals surface area contributed by atoms with Crippen molar-refractivity contribution in [1.29, 1.82) is 0 Å². The molecule has 3 heterocycles. The van der Waals surface area contributed by atoms with Crippen LogP contribution >= 0.6 is 11.8 Å². The molecule has 12 heteroatoms. The molecule has 2 aromatic rings. The molecule has 1 aromatic carbocycles. The first-order valence-corrected chi connectivity index (χ1v) is 11.0. The predicted molar refractivity (Wildman–Crippen MR) is 108 cm³/mol. The fourth-order valence-corrected chi connectivity index (χ4v) is 5.27. The first-order valence-electron chi connectivity index (χ1n) is 8.61. The number of ether oxygens (including phenoxy) is 1. The molecular formula is C17H17N5O5S2. The molecule has 0 unspecified atom stereocenters. The normalized spacial score (nSPS) is 16.6. The van der Waals surface area contributed by atoms with Crippen molar-refractivity contribution in [1.82, 2.24) is 9.78 Å². The third-order valence-electron chi connectivity index (χ3n) is 4.31. The smallest absolute Gasteiger partial charge is 0.338 e. The topological polar surface area (TPSA) is 123 Å². The van der Waals surface area contributed by atoms with E-state index < -0.39 is 28.5 Å². The Balaban J connectivity index is 1.41. The summed E-state index contributed by atoms with van der Waals surface area (Å²) in [6.07, 6.45) is 0. The van der Waals surface area contributed by atoms with Crippen molar-refractivity contribution < 1.29 is 22.7 Å².